The summed E-state index contributed by atoms with van der Waals surface area (Å²) in [4.78, 5) is 27.6. The van der Waals surface area contributed by atoms with E-state index in [0.717, 1.165) is 15.7 Å². The molecule has 8 heteroatoms. The van der Waals surface area contributed by atoms with Gasteiger partial charge >= 0.3 is 18.5 Å². The number of hydrogen-bond donors (Lipinski definition) is 0. The molecule has 0 spiro atoms. The second kappa shape index (κ2) is 8.97. The number of nitrogens with zero attached hydrogens (tertiary/aromatic N) is 2. The number of imidazole rings is 1. The quantitative estimate of drug-likeness (QED) is 0.300. The molecule has 6 nitrogen and oxygen atoms in total. The van der Waals surface area contributed by atoms with Gasteiger partial charge in [0.2, 0.25) is 0 Å². The third-order valence-corrected chi connectivity index (χ3v) is 4.77. The Balaban J connectivity index is 1.45. The number of aromatic nitrogens is 2. The zero-order valence-corrected chi connectivity index (χ0v) is 17.0. The topological polar surface area (TPSA) is 70.4 Å². The number of rotatable bonds is 6. The molecule has 0 saturated heterocycles. The molecule has 0 N–H and O–H groups in total. The lowest BCUT2D eigenvalue weighted by Gasteiger charge is -2.09. The number of hydrogen-bond acceptors (Lipinski definition) is 5. The first kappa shape index (κ1) is 21.2. The van der Waals surface area contributed by atoms with Crippen LogP contribution in [0, 0.1) is 0 Å². The van der Waals surface area contributed by atoms with Crippen LogP contribution in [0.15, 0.2) is 72.8 Å². The lowest BCUT2D eigenvalue weighted by atomic mass is 10.0. The molecule has 4 rings (SSSR count). The Hall–Kier alpha value is -4.07. The molecule has 0 aliphatic rings. The molecule has 4 aromatic rings. The van der Waals surface area contributed by atoms with Gasteiger partial charge < -0.3 is 9.47 Å². The van der Waals surface area contributed by atoms with E-state index < -0.39 is 18.5 Å². The van der Waals surface area contributed by atoms with Crippen molar-refractivity contribution < 1.29 is 27.8 Å². The zero-order valence-electron chi connectivity index (χ0n) is 17.0. The van der Waals surface area contributed by atoms with Crippen molar-refractivity contribution in [3.63, 3.8) is 0 Å². The molecule has 0 aliphatic carbocycles. The van der Waals surface area contributed by atoms with Gasteiger partial charge in [-0.25, -0.2) is 9.78 Å². The molecule has 3 aromatic carbocycles. The summed E-state index contributed by atoms with van der Waals surface area (Å²) >= 11 is 0. The number of para-hydroxylation sites is 2. The zero-order chi connectivity index (χ0) is 22.7. The van der Waals surface area contributed by atoms with Crippen LogP contribution >= 0.6 is 0 Å². The number of benzene rings is 3. The molecular weight excluding hydrogens is 418 g/mol. The standard InChI is InChI=1S/C24H18F2N2O4/c1-15(29)32-19-12-10-17(11-13-19)16-6-8-18(9-7-16)23(30)31-14-22-27-20-4-2-3-5-21(20)28(22)24(25)26/h2-13,24H,14H2,1H3. The molecule has 0 bridgehead atoms. The first-order chi connectivity index (χ1) is 15.4. The fourth-order valence-corrected chi connectivity index (χ4v) is 3.31. The number of carbonyl (C=O) groups is 2. The third-order valence-electron chi connectivity index (χ3n) is 4.77. The Morgan fingerprint density at radius 2 is 1.56 bits per heavy atom. The predicted octanol–water partition coefficient (Wildman–Crippen LogP) is 5.38. The van der Waals surface area contributed by atoms with Gasteiger partial charge in [-0.15, -0.1) is 0 Å². The van der Waals surface area contributed by atoms with E-state index in [0.29, 0.717) is 11.3 Å². The van der Waals surface area contributed by atoms with Crippen molar-refractivity contribution in [3.8, 4) is 16.9 Å². The van der Waals surface area contributed by atoms with Crippen LogP contribution in [0.25, 0.3) is 22.2 Å². The van der Waals surface area contributed by atoms with Gasteiger partial charge in [0.25, 0.3) is 0 Å². The highest BCUT2D eigenvalue weighted by Crippen LogP contribution is 2.25. The van der Waals surface area contributed by atoms with E-state index >= 15 is 0 Å². The van der Waals surface area contributed by atoms with Gasteiger partial charge in [-0.1, -0.05) is 36.4 Å². The van der Waals surface area contributed by atoms with Crippen LogP contribution < -0.4 is 4.74 Å². The molecule has 0 fully saturated rings. The number of fused-ring (bicyclic) bond motifs is 1. The highest BCUT2D eigenvalue weighted by atomic mass is 19.3. The molecule has 0 atom stereocenters. The Morgan fingerprint density at radius 1 is 0.938 bits per heavy atom. The number of alkyl halides is 2. The van der Waals surface area contributed by atoms with Crippen molar-refractivity contribution in [2.45, 2.75) is 20.1 Å². The highest BCUT2D eigenvalue weighted by molar-refractivity contribution is 5.90. The summed E-state index contributed by atoms with van der Waals surface area (Å²) < 4.78 is 38.0. The van der Waals surface area contributed by atoms with E-state index in [2.05, 4.69) is 4.98 Å². The van der Waals surface area contributed by atoms with Gasteiger partial charge in [0, 0.05) is 6.92 Å². The van der Waals surface area contributed by atoms with Crippen molar-refractivity contribution in [2.75, 3.05) is 0 Å². The second-order valence-corrected chi connectivity index (χ2v) is 6.94. The number of carbonyl (C=O) groups excluding carboxylic acids is 2. The average Bonchev–Trinajstić information content (AvgIpc) is 3.16. The minimum absolute atomic E-state index is 0.0287. The SMILES string of the molecule is CC(=O)Oc1ccc(-c2ccc(C(=O)OCc3nc4ccccc4n3C(F)F)cc2)cc1. The van der Waals surface area contributed by atoms with Crippen LogP contribution in [0.4, 0.5) is 8.78 Å². The first-order valence-corrected chi connectivity index (χ1v) is 9.72. The predicted molar refractivity (Wildman–Crippen MR) is 113 cm³/mol. The molecular formula is C24H18F2N2O4. The summed E-state index contributed by atoms with van der Waals surface area (Å²) in [6, 6.07) is 20.1. The van der Waals surface area contributed by atoms with Crippen molar-refractivity contribution >= 4 is 23.0 Å². The number of halogens is 2. The van der Waals surface area contributed by atoms with E-state index in [1.807, 2.05) is 0 Å². The summed E-state index contributed by atoms with van der Waals surface area (Å²) in [6.45, 7) is -1.85. The molecule has 0 aliphatic heterocycles. The molecule has 32 heavy (non-hydrogen) atoms. The molecule has 0 saturated carbocycles. The number of esters is 2. The van der Waals surface area contributed by atoms with Crippen molar-refractivity contribution in [3.05, 3.63) is 84.2 Å². The van der Waals surface area contributed by atoms with Crippen molar-refractivity contribution in [1.29, 1.82) is 0 Å². The normalized spacial score (nSPS) is 11.0. The Morgan fingerprint density at radius 3 is 2.19 bits per heavy atom. The lowest BCUT2D eigenvalue weighted by molar-refractivity contribution is -0.131. The Bertz CT molecular complexity index is 1270. The molecule has 0 amide bonds. The maximum absolute atomic E-state index is 13.5. The summed E-state index contributed by atoms with van der Waals surface area (Å²) in [5, 5.41) is 0. The second-order valence-electron chi connectivity index (χ2n) is 6.94. The van der Waals surface area contributed by atoms with Crippen LogP contribution in [0.5, 0.6) is 5.75 Å². The van der Waals surface area contributed by atoms with Crippen LogP contribution in [0.2, 0.25) is 0 Å². The van der Waals surface area contributed by atoms with E-state index in [4.69, 9.17) is 9.47 Å². The first-order valence-electron chi connectivity index (χ1n) is 9.72. The van der Waals surface area contributed by atoms with Gasteiger partial charge in [-0.3, -0.25) is 9.36 Å². The maximum Gasteiger partial charge on any atom is 0.338 e. The minimum Gasteiger partial charge on any atom is -0.454 e. The smallest absolute Gasteiger partial charge is 0.338 e. The summed E-state index contributed by atoms with van der Waals surface area (Å²) in [6.07, 6.45) is 0. The van der Waals surface area contributed by atoms with E-state index in [1.165, 1.54) is 13.0 Å². The van der Waals surface area contributed by atoms with Crippen molar-refractivity contribution in [1.82, 2.24) is 9.55 Å². The Labute approximate surface area is 182 Å². The molecule has 1 aromatic heterocycles. The van der Waals surface area contributed by atoms with Gasteiger partial charge in [-0.05, 0) is 47.5 Å². The van der Waals surface area contributed by atoms with Gasteiger partial charge in [0.05, 0.1) is 16.6 Å². The molecule has 0 radical (unpaired) electrons. The van der Waals surface area contributed by atoms with Crippen LogP contribution in [0.3, 0.4) is 0 Å². The van der Waals surface area contributed by atoms with Gasteiger partial charge in [-0.2, -0.15) is 8.78 Å². The van der Waals surface area contributed by atoms with Gasteiger partial charge in [0.1, 0.15) is 12.4 Å². The van der Waals surface area contributed by atoms with E-state index in [9.17, 15) is 18.4 Å². The van der Waals surface area contributed by atoms with Crippen LogP contribution in [-0.2, 0) is 16.1 Å². The number of ether oxygens (including phenoxy) is 2. The van der Waals surface area contributed by atoms with E-state index in [-0.39, 0.29) is 23.5 Å². The maximum atomic E-state index is 13.5. The summed E-state index contributed by atoms with van der Waals surface area (Å²) in [5.41, 5.74) is 2.67. The van der Waals surface area contributed by atoms with Crippen LogP contribution in [0.1, 0.15) is 29.7 Å². The molecule has 0 unspecified atom stereocenters. The summed E-state index contributed by atoms with van der Waals surface area (Å²) in [5.74, 6) is -0.630. The fraction of sp³-hybridized carbons (Fsp3) is 0.125. The fourth-order valence-electron chi connectivity index (χ4n) is 3.31. The van der Waals surface area contributed by atoms with E-state index in [1.54, 1.807) is 66.7 Å². The third kappa shape index (κ3) is 4.49. The largest absolute Gasteiger partial charge is 0.454 e. The summed E-state index contributed by atoms with van der Waals surface area (Å²) in [7, 11) is 0. The highest BCUT2D eigenvalue weighted by Gasteiger charge is 2.19. The van der Waals surface area contributed by atoms with Crippen molar-refractivity contribution in [2.24, 2.45) is 0 Å². The monoisotopic (exact) mass is 436 g/mol. The minimum atomic E-state index is -2.80. The average molecular weight is 436 g/mol. The molecule has 1 heterocycles. The Kier molecular flexibility index (Phi) is 5.93. The van der Waals surface area contributed by atoms with Crippen LogP contribution in [-0.4, -0.2) is 21.5 Å². The lowest BCUT2D eigenvalue weighted by Crippen LogP contribution is -2.10. The van der Waals surface area contributed by atoms with Gasteiger partial charge in [0.15, 0.2) is 5.82 Å². The molecule has 162 valence electrons.